The van der Waals surface area contributed by atoms with Crippen molar-refractivity contribution in [3.63, 3.8) is 0 Å². The molecule has 28 heavy (non-hydrogen) atoms. The van der Waals surface area contributed by atoms with Gasteiger partial charge in [-0.15, -0.1) is 0 Å². The Labute approximate surface area is 166 Å². The van der Waals surface area contributed by atoms with E-state index < -0.39 is 16.1 Å². The maximum Gasteiger partial charge on any atom is 0.246 e. The zero-order valence-electron chi connectivity index (χ0n) is 16.7. The van der Waals surface area contributed by atoms with E-state index in [1.807, 2.05) is 24.3 Å². The highest BCUT2D eigenvalue weighted by atomic mass is 32.2. The van der Waals surface area contributed by atoms with E-state index in [0.29, 0.717) is 18.0 Å². The molecule has 0 N–H and O–H groups in total. The first-order valence-electron chi connectivity index (χ1n) is 8.68. The quantitative estimate of drug-likeness (QED) is 0.673. The van der Waals surface area contributed by atoms with E-state index >= 15 is 0 Å². The van der Waals surface area contributed by atoms with Crippen LogP contribution in [-0.4, -0.2) is 52.8 Å². The van der Waals surface area contributed by atoms with Crippen LogP contribution >= 0.6 is 0 Å². The van der Waals surface area contributed by atoms with Crippen LogP contribution in [0, 0.1) is 0 Å². The van der Waals surface area contributed by atoms with Gasteiger partial charge >= 0.3 is 0 Å². The first-order valence-corrected chi connectivity index (χ1v) is 10.5. The Balaban J connectivity index is 2.21. The number of methoxy groups -OCH3 is 2. The molecule has 0 aromatic heterocycles. The average molecular weight is 407 g/mol. The molecule has 7 nitrogen and oxygen atoms in total. The van der Waals surface area contributed by atoms with Crippen molar-refractivity contribution in [2.45, 2.75) is 19.5 Å². The summed E-state index contributed by atoms with van der Waals surface area (Å²) in [5, 5.41) is 0. The second-order valence-corrected chi connectivity index (χ2v) is 8.33. The molecule has 0 aliphatic rings. The van der Waals surface area contributed by atoms with Crippen molar-refractivity contribution in [3.05, 3.63) is 54.1 Å². The standard InChI is InChI=1S/C20H26N2O5S/c1-15(20(23)21(2)14-16-6-10-18(26-3)11-7-16)22(28(5,24)25)17-8-12-19(27-4)13-9-17/h6-13,15H,14H2,1-5H3/t15-/m1/s1. The van der Waals surface area contributed by atoms with Gasteiger partial charge < -0.3 is 14.4 Å². The lowest BCUT2D eigenvalue weighted by molar-refractivity contribution is -0.131. The summed E-state index contributed by atoms with van der Waals surface area (Å²) in [7, 11) is 1.10. The van der Waals surface area contributed by atoms with Crippen molar-refractivity contribution in [3.8, 4) is 11.5 Å². The number of benzene rings is 2. The van der Waals surface area contributed by atoms with Gasteiger partial charge in [0.2, 0.25) is 15.9 Å². The maximum absolute atomic E-state index is 12.9. The van der Waals surface area contributed by atoms with Crippen LogP contribution in [-0.2, 0) is 21.4 Å². The van der Waals surface area contributed by atoms with E-state index in [2.05, 4.69) is 0 Å². The van der Waals surface area contributed by atoms with Crippen LogP contribution in [0.2, 0.25) is 0 Å². The van der Waals surface area contributed by atoms with Gasteiger partial charge in [-0.3, -0.25) is 9.10 Å². The Morgan fingerprint density at radius 2 is 1.43 bits per heavy atom. The molecule has 2 aromatic rings. The topological polar surface area (TPSA) is 76.2 Å². The summed E-state index contributed by atoms with van der Waals surface area (Å²) >= 11 is 0. The summed E-state index contributed by atoms with van der Waals surface area (Å²) in [5.41, 5.74) is 1.32. The fourth-order valence-corrected chi connectivity index (χ4v) is 4.10. The number of ether oxygens (including phenoxy) is 2. The number of sulfonamides is 1. The number of rotatable bonds is 8. The molecule has 8 heteroatoms. The minimum Gasteiger partial charge on any atom is -0.497 e. The Hall–Kier alpha value is -2.74. The second-order valence-electron chi connectivity index (χ2n) is 6.48. The molecule has 0 spiro atoms. The monoisotopic (exact) mass is 406 g/mol. The first-order chi connectivity index (χ1) is 13.2. The lowest BCUT2D eigenvalue weighted by Gasteiger charge is -2.31. The highest BCUT2D eigenvalue weighted by Crippen LogP contribution is 2.24. The van der Waals surface area contributed by atoms with E-state index in [1.54, 1.807) is 45.3 Å². The minimum atomic E-state index is -3.67. The third kappa shape index (κ3) is 5.16. The number of nitrogens with zero attached hydrogens (tertiary/aromatic N) is 2. The van der Waals surface area contributed by atoms with Crippen molar-refractivity contribution in [1.29, 1.82) is 0 Å². The fourth-order valence-electron chi connectivity index (χ4n) is 2.93. The molecule has 1 atom stereocenters. The van der Waals surface area contributed by atoms with Crippen LogP contribution in [0.25, 0.3) is 0 Å². The molecule has 1 amide bonds. The lowest BCUT2D eigenvalue weighted by Crippen LogP contribution is -2.48. The molecule has 0 unspecified atom stereocenters. The van der Waals surface area contributed by atoms with E-state index in [1.165, 1.54) is 12.0 Å². The number of carbonyl (C=O) groups is 1. The van der Waals surface area contributed by atoms with Crippen molar-refractivity contribution in [2.24, 2.45) is 0 Å². The molecule has 0 fully saturated rings. The summed E-state index contributed by atoms with van der Waals surface area (Å²) in [5.74, 6) is 1.03. The largest absolute Gasteiger partial charge is 0.497 e. The number of amides is 1. The summed E-state index contributed by atoms with van der Waals surface area (Å²) in [6.07, 6.45) is 1.09. The number of hydrogen-bond acceptors (Lipinski definition) is 5. The molecule has 2 rings (SSSR count). The molecule has 0 heterocycles. The lowest BCUT2D eigenvalue weighted by atomic mass is 10.2. The first kappa shape index (κ1) is 21.6. The zero-order valence-corrected chi connectivity index (χ0v) is 17.6. The van der Waals surface area contributed by atoms with E-state index in [0.717, 1.165) is 21.9 Å². The molecule has 0 bridgehead atoms. The SMILES string of the molecule is COc1ccc(CN(C)C(=O)[C@@H](C)N(c2ccc(OC)cc2)S(C)(=O)=O)cc1. The molecule has 0 aliphatic heterocycles. The molecule has 0 radical (unpaired) electrons. The van der Waals surface area contributed by atoms with Crippen molar-refractivity contribution >= 4 is 21.6 Å². The zero-order chi connectivity index (χ0) is 20.9. The Morgan fingerprint density at radius 1 is 0.964 bits per heavy atom. The molecule has 152 valence electrons. The van der Waals surface area contributed by atoms with E-state index in [9.17, 15) is 13.2 Å². The molecular formula is C20H26N2O5S. The van der Waals surface area contributed by atoms with E-state index in [4.69, 9.17) is 9.47 Å². The number of carbonyl (C=O) groups excluding carboxylic acids is 1. The number of hydrogen-bond donors (Lipinski definition) is 0. The van der Waals surface area contributed by atoms with Crippen molar-refractivity contribution in [2.75, 3.05) is 31.8 Å². The van der Waals surface area contributed by atoms with Crippen LogP contribution in [0.4, 0.5) is 5.69 Å². The Bertz CT molecular complexity index is 895. The van der Waals surface area contributed by atoms with Gasteiger partial charge in [-0.2, -0.15) is 0 Å². The predicted octanol–water partition coefficient (Wildman–Crippen LogP) is 2.52. The highest BCUT2D eigenvalue weighted by molar-refractivity contribution is 7.92. The van der Waals surface area contributed by atoms with Crippen molar-refractivity contribution < 1.29 is 22.7 Å². The van der Waals surface area contributed by atoms with Gasteiger partial charge in [-0.1, -0.05) is 12.1 Å². The molecular weight excluding hydrogens is 380 g/mol. The summed E-state index contributed by atoms with van der Waals surface area (Å²) in [6, 6.07) is 13.0. The van der Waals surface area contributed by atoms with Gasteiger partial charge in [0.05, 0.1) is 26.2 Å². The van der Waals surface area contributed by atoms with Crippen LogP contribution in [0.15, 0.2) is 48.5 Å². The Kier molecular flexibility index (Phi) is 6.90. The molecule has 0 saturated carbocycles. The van der Waals surface area contributed by atoms with Gasteiger partial charge in [-0.05, 0) is 48.9 Å². The third-order valence-corrected chi connectivity index (χ3v) is 5.59. The van der Waals surface area contributed by atoms with Gasteiger partial charge in [0.1, 0.15) is 17.5 Å². The summed E-state index contributed by atoms with van der Waals surface area (Å²) in [6.45, 7) is 1.94. The molecule has 0 aliphatic carbocycles. The fraction of sp³-hybridized carbons (Fsp3) is 0.350. The summed E-state index contributed by atoms with van der Waals surface area (Å²) in [4.78, 5) is 14.4. The van der Waals surface area contributed by atoms with E-state index in [-0.39, 0.29) is 5.91 Å². The van der Waals surface area contributed by atoms with Gasteiger partial charge in [0, 0.05) is 13.6 Å². The summed E-state index contributed by atoms with van der Waals surface area (Å²) < 4.78 is 36.2. The van der Waals surface area contributed by atoms with Crippen molar-refractivity contribution in [1.82, 2.24) is 4.90 Å². The van der Waals surface area contributed by atoms with Crippen LogP contribution < -0.4 is 13.8 Å². The smallest absolute Gasteiger partial charge is 0.246 e. The highest BCUT2D eigenvalue weighted by Gasteiger charge is 2.31. The second kappa shape index (κ2) is 8.97. The van der Waals surface area contributed by atoms with Gasteiger partial charge in [-0.25, -0.2) is 8.42 Å². The predicted molar refractivity (Wildman–Crippen MR) is 109 cm³/mol. The number of anilines is 1. The van der Waals surface area contributed by atoms with Crippen LogP contribution in [0.5, 0.6) is 11.5 Å². The van der Waals surface area contributed by atoms with Crippen LogP contribution in [0.1, 0.15) is 12.5 Å². The molecule has 0 saturated heterocycles. The molecule has 2 aromatic carbocycles. The Morgan fingerprint density at radius 3 is 1.86 bits per heavy atom. The number of likely N-dealkylation sites (N-methyl/N-ethyl adjacent to an activating group) is 1. The average Bonchev–Trinajstić information content (AvgIpc) is 2.67. The van der Waals surface area contributed by atoms with Gasteiger partial charge in [0.15, 0.2) is 0 Å². The maximum atomic E-state index is 12.9. The van der Waals surface area contributed by atoms with Crippen LogP contribution in [0.3, 0.4) is 0 Å². The minimum absolute atomic E-state index is 0.308. The third-order valence-electron chi connectivity index (χ3n) is 4.35. The van der Waals surface area contributed by atoms with Gasteiger partial charge in [0.25, 0.3) is 0 Å². The normalized spacial score (nSPS) is 12.2.